The Balaban J connectivity index is 2.95. The van der Waals surface area contributed by atoms with Crippen molar-refractivity contribution in [3.63, 3.8) is 0 Å². The van der Waals surface area contributed by atoms with Gasteiger partial charge in [-0.1, -0.05) is 25.1 Å². The fourth-order valence-electron chi connectivity index (χ4n) is 1.82. The van der Waals surface area contributed by atoms with E-state index in [9.17, 15) is 4.79 Å². The van der Waals surface area contributed by atoms with E-state index in [4.69, 9.17) is 9.47 Å². The number of allylic oxidation sites excluding steroid dienone is 1. The number of carbonyl (C=O) groups excluding carboxylic acids is 1. The van der Waals surface area contributed by atoms with Crippen LogP contribution in [0.1, 0.15) is 25.8 Å². The van der Waals surface area contributed by atoms with Gasteiger partial charge in [0.1, 0.15) is 0 Å². The van der Waals surface area contributed by atoms with E-state index in [0.29, 0.717) is 18.9 Å². The summed E-state index contributed by atoms with van der Waals surface area (Å²) in [5, 5.41) is 0. The van der Waals surface area contributed by atoms with Gasteiger partial charge in [0.25, 0.3) is 0 Å². The minimum Gasteiger partial charge on any atom is -0.493 e. The van der Waals surface area contributed by atoms with E-state index in [-0.39, 0.29) is 5.91 Å². The molecule has 0 radical (unpaired) electrons. The van der Waals surface area contributed by atoms with Crippen molar-refractivity contribution in [2.75, 3.05) is 20.8 Å². The fraction of sp³-hybridized carbons (Fsp3) is 0.438. The van der Waals surface area contributed by atoms with Crippen molar-refractivity contribution >= 4 is 5.91 Å². The number of carbonyl (C=O) groups is 1. The van der Waals surface area contributed by atoms with Crippen LogP contribution in [0.4, 0.5) is 0 Å². The number of likely N-dealkylation sites (N-methyl/N-ethyl adjacent to an activating group) is 1. The Morgan fingerprint density at radius 2 is 2.15 bits per heavy atom. The number of hydrogen-bond donors (Lipinski definition) is 0. The highest BCUT2D eigenvalue weighted by Gasteiger charge is 2.14. The number of hydrogen-bond acceptors (Lipinski definition) is 3. The molecule has 0 aromatic heterocycles. The van der Waals surface area contributed by atoms with Gasteiger partial charge in [-0.15, -0.1) is 0 Å². The number of amides is 1. The molecule has 0 saturated carbocycles. The zero-order valence-corrected chi connectivity index (χ0v) is 12.7. The zero-order chi connectivity index (χ0) is 15.0. The molecule has 1 aromatic rings. The van der Waals surface area contributed by atoms with E-state index in [1.165, 1.54) is 0 Å². The third-order valence-electron chi connectivity index (χ3n) is 2.82. The Morgan fingerprint density at radius 3 is 2.75 bits per heavy atom. The molecule has 0 aliphatic carbocycles. The summed E-state index contributed by atoms with van der Waals surface area (Å²) in [6.45, 7) is 4.99. The lowest BCUT2D eigenvalue weighted by molar-refractivity contribution is -0.125. The molecule has 0 bridgehead atoms. The lowest BCUT2D eigenvalue weighted by atomic mass is 10.1. The van der Waals surface area contributed by atoms with E-state index >= 15 is 0 Å². The maximum atomic E-state index is 11.8. The second-order valence-electron chi connectivity index (χ2n) is 4.49. The van der Waals surface area contributed by atoms with Gasteiger partial charge in [0.15, 0.2) is 11.5 Å². The first-order valence-electron chi connectivity index (χ1n) is 6.80. The highest BCUT2D eigenvalue weighted by molar-refractivity contribution is 5.87. The molecule has 0 unspecified atom stereocenters. The predicted molar refractivity (Wildman–Crippen MR) is 80.1 cm³/mol. The molecule has 0 heterocycles. The van der Waals surface area contributed by atoms with Crippen molar-refractivity contribution in [3.05, 3.63) is 35.9 Å². The van der Waals surface area contributed by atoms with E-state index in [1.807, 2.05) is 25.1 Å². The highest BCUT2D eigenvalue weighted by atomic mass is 16.5. The molecule has 0 spiro atoms. The fourth-order valence-corrected chi connectivity index (χ4v) is 1.82. The van der Waals surface area contributed by atoms with Crippen molar-refractivity contribution < 1.29 is 14.3 Å². The van der Waals surface area contributed by atoms with Gasteiger partial charge in [0, 0.05) is 19.2 Å². The van der Waals surface area contributed by atoms with Crippen LogP contribution in [0.3, 0.4) is 0 Å². The number of benzene rings is 1. The summed E-state index contributed by atoms with van der Waals surface area (Å²) in [5.74, 6) is 1.39. The summed E-state index contributed by atoms with van der Waals surface area (Å²) in [5.41, 5.74) is 0.943. The third-order valence-corrected chi connectivity index (χ3v) is 2.82. The van der Waals surface area contributed by atoms with Gasteiger partial charge >= 0.3 is 0 Å². The smallest absolute Gasteiger partial charge is 0.246 e. The first-order chi connectivity index (χ1) is 9.63. The number of methoxy groups -OCH3 is 1. The molecule has 1 rings (SSSR count). The van der Waals surface area contributed by atoms with Crippen molar-refractivity contribution in [1.82, 2.24) is 4.90 Å². The lowest BCUT2D eigenvalue weighted by Crippen LogP contribution is -2.24. The monoisotopic (exact) mass is 277 g/mol. The van der Waals surface area contributed by atoms with Gasteiger partial charge in [-0.3, -0.25) is 4.79 Å². The molecule has 1 aromatic carbocycles. The summed E-state index contributed by atoms with van der Waals surface area (Å²) >= 11 is 0. The number of nitrogens with zero attached hydrogens (tertiary/aromatic N) is 1. The van der Waals surface area contributed by atoms with E-state index < -0.39 is 0 Å². The van der Waals surface area contributed by atoms with Crippen LogP contribution < -0.4 is 9.47 Å². The number of para-hydroxylation sites is 1. The molecule has 0 atom stereocenters. The van der Waals surface area contributed by atoms with Gasteiger partial charge in [-0.2, -0.15) is 0 Å². The molecule has 20 heavy (non-hydrogen) atoms. The maximum absolute atomic E-state index is 11.8. The standard InChI is InChI=1S/C16H23NO3/c1-5-8-15(18)17(3)12-13-9-7-10-14(19-4)16(13)20-11-6-2/h5,7-10H,6,11-12H2,1-4H3. The van der Waals surface area contributed by atoms with Crippen LogP contribution in [-0.2, 0) is 11.3 Å². The number of ether oxygens (including phenoxy) is 2. The normalized spacial score (nSPS) is 10.6. The molecular formula is C16H23NO3. The summed E-state index contributed by atoms with van der Waals surface area (Å²) in [6.07, 6.45) is 4.20. The lowest BCUT2D eigenvalue weighted by Gasteiger charge is -2.19. The van der Waals surface area contributed by atoms with Crippen LogP contribution >= 0.6 is 0 Å². The van der Waals surface area contributed by atoms with Gasteiger partial charge in [0.05, 0.1) is 13.7 Å². The Hall–Kier alpha value is -1.97. The van der Waals surface area contributed by atoms with Crippen LogP contribution in [-0.4, -0.2) is 31.6 Å². The second-order valence-corrected chi connectivity index (χ2v) is 4.49. The second kappa shape index (κ2) is 8.25. The van der Waals surface area contributed by atoms with E-state index in [1.54, 1.807) is 31.2 Å². The molecule has 0 fully saturated rings. The molecule has 4 nitrogen and oxygen atoms in total. The Morgan fingerprint density at radius 1 is 1.40 bits per heavy atom. The van der Waals surface area contributed by atoms with Crippen molar-refractivity contribution in [3.8, 4) is 11.5 Å². The first kappa shape index (κ1) is 16.1. The van der Waals surface area contributed by atoms with Crippen LogP contribution in [0.25, 0.3) is 0 Å². The van der Waals surface area contributed by atoms with Gasteiger partial charge in [-0.25, -0.2) is 0 Å². The topological polar surface area (TPSA) is 38.8 Å². The average Bonchev–Trinajstić information content (AvgIpc) is 2.45. The molecule has 0 aliphatic heterocycles. The minimum atomic E-state index is -0.0308. The highest BCUT2D eigenvalue weighted by Crippen LogP contribution is 2.32. The molecule has 0 saturated heterocycles. The zero-order valence-electron chi connectivity index (χ0n) is 12.7. The van der Waals surface area contributed by atoms with Crippen molar-refractivity contribution in [2.45, 2.75) is 26.8 Å². The minimum absolute atomic E-state index is 0.0308. The van der Waals surface area contributed by atoms with E-state index in [2.05, 4.69) is 6.92 Å². The van der Waals surface area contributed by atoms with E-state index in [0.717, 1.165) is 17.7 Å². The quantitative estimate of drug-likeness (QED) is 0.719. The number of rotatable bonds is 7. The largest absolute Gasteiger partial charge is 0.493 e. The van der Waals surface area contributed by atoms with Gasteiger partial charge in [0.2, 0.25) is 5.91 Å². The summed E-state index contributed by atoms with van der Waals surface area (Å²) in [4.78, 5) is 13.4. The first-order valence-corrected chi connectivity index (χ1v) is 6.80. The van der Waals surface area contributed by atoms with Crippen molar-refractivity contribution in [1.29, 1.82) is 0 Å². The van der Waals surface area contributed by atoms with Gasteiger partial charge in [-0.05, 0) is 25.5 Å². The SMILES string of the molecule is CC=CC(=O)N(C)Cc1cccc(OC)c1OCCC. The maximum Gasteiger partial charge on any atom is 0.246 e. The molecule has 4 heteroatoms. The van der Waals surface area contributed by atoms with Crippen LogP contribution in [0.15, 0.2) is 30.4 Å². The van der Waals surface area contributed by atoms with Gasteiger partial charge < -0.3 is 14.4 Å². The molecule has 110 valence electrons. The predicted octanol–water partition coefficient (Wildman–Crippen LogP) is 3.02. The summed E-state index contributed by atoms with van der Waals surface area (Å²) in [7, 11) is 3.39. The molecular weight excluding hydrogens is 254 g/mol. The molecule has 1 amide bonds. The average molecular weight is 277 g/mol. The van der Waals surface area contributed by atoms with Crippen LogP contribution in [0, 0.1) is 0 Å². The summed E-state index contributed by atoms with van der Waals surface area (Å²) < 4.78 is 11.1. The van der Waals surface area contributed by atoms with Crippen molar-refractivity contribution in [2.24, 2.45) is 0 Å². The van der Waals surface area contributed by atoms with Crippen LogP contribution in [0.2, 0.25) is 0 Å². The Bertz CT molecular complexity index is 469. The summed E-state index contributed by atoms with van der Waals surface area (Å²) in [6, 6.07) is 5.72. The third kappa shape index (κ3) is 4.30. The molecule has 0 N–H and O–H groups in total. The Labute approximate surface area is 121 Å². The Kier molecular flexibility index (Phi) is 6.64. The van der Waals surface area contributed by atoms with Crippen LogP contribution in [0.5, 0.6) is 11.5 Å². The molecule has 0 aliphatic rings.